The molecule has 0 bridgehead atoms. The molecule has 1 rings (SSSR count). The van der Waals surface area contributed by atoms with E-state index in [4.69, 9.17) is 15.2 Å². The first kappa shape index (κ1) is 12.2. The molecule has 0 heterocycles. The van der Waals surface area contributed by atoms with Gasteiger partial charge in [0, 0.05) is 19.0 Å². The molecule has 5 heteroatoms. The molecule has 0 saturated heterocycles. The number of amides is 1. The van der Waals surface area contributed by atoms with Crippen molar-refractivity contribution >= 4 is 11.6 Å². The predicted molar refractivity (Wildman–Crippen MR) is 61.8 cm³/mol. The fraction of sp³-hybridized carbons (Fsp3) is 0.364. The van der Waals surface area contributed by atoms with E-state index in [9.17, 15) is 4.79 Å². The lowest BCUT2D eigenvalue weighted by Gasteiger charge is -2.11. The zero-order valence-electron chi connectivity index (χ0n) is 9.45. The summed E-state index contributed by atoms with van der Waals surface area (Å²) in [6.07, 6.45) is 0.278. The van der Waals surface area contributed by atoms with Gasteiger partial charge in [-0.1, -0.05) is 0 Å². The summed E-state index contributed by atoms with van der Waals surface area (Å²) in [7, 11) is 3.18. The first-order valence-electron chi connectivity index (χ1n) is 4.91. The van der Waals surface area contributed by atoms with Crippen LogP contribution in [0.4, 0.5) is 5.69 Å². The smallest absolute Gasteiger partial charge is 0.219 e. The zero-order valence-corrected chi connectivity index (χ0v) is 9.45. The van der Waals surface area contributed by atoms with Crippen LogP contribution in [0.2, 0.25) is 0 Å². The Labute approximate surface area is 94.5 Å². The number of nitrogens with one attached hydrogen (secondary N) is 1. The molecule has 0 saturated carbocycles. The maximum absolute atomic E-state index is 10.6. The number of anilines is 1. The molecule has 16 heavy (non-hydrogen) atoms. The first-order valence-corrected chi connectivity index (χ1v) is 4.91. The van der Waals surface area contributed by atoms with Gasteiger partial charge in [0.25, 0.3) is 0 Å². The summed E-state index contributed by atoms with van der Waals surface area (Å²) < 4.78 is 10.3. The minimum atomic E-state index is -0.339. The fourth-order valence-corrected chi connectivity index (χ4v) is 1.27. The van der Waals surface area contributed by atoms with E-state index >= 15 is 0 Å². The lowest BCUT2D eigenvalue weighted by atomic mass is 10.2. The molecule has 0 aliphatic carbocycles. The Morgan fingerprint density at radius 1 is 1.38 bits per heavy atom. The highest BCUT2D eigenvalue weighted by atomic mass is 16.5. The highest BCUT2D eigenvalue weighted by Gasteiger charge is 2.04. The summed E-state index contributed by atoms with van der Waals surface area (Å²) in [5.74, 6) is 1.09. The molecule has 88 valence electrons. The van der Waals surface area contributed by atoms with Crippen LogP contribution in [0.25, 0.3) is 0 Å². The summed E-state index contributed by atoms with van der Waals surface area (Å²) in [4.78, 5) is 10.6. The second-order valence-electron chi connectivity index (χ2n) is 3.21. The monoisotopic (exact) mass is 224 g/mol. The van der Waals surface area contributed by atoms with Gasteiger partial charge < -0.3 is 20.5 Å². The van der Waals surface area contributed by atoms with Crippen LogP contribution >= 0.6 is 0 Å². The average molecular weight is 224 g/mol. The van der Waals surface area contributed by atoms with Gasteiger partial charge in [0.05, 0.1) is 19.9 Å². The van der Waals surface area contributed by atoms with E-state index in [0.717, 1.165) is 11.4 Å². The molecule has 5 nitrogen and oxygen atoms in total. The molecule has 0 fully saturated rings. The molecule has 1 aromatic carbocycles. The van der Waals surface area contributed by atoms with Crippen molar-refractivity contribution in [3.63, 3.8) is 0 Å². The lowest BCUT2D eigenvalue weighted by Crippen LogP contribution is -2.16. The van der Waals surface area contributed by atoms with E-state index in [1.165, 1.54) is 0 Å². The Bertz CT molecular complexity index is 366. The van der Waals surface area contributed by atoms with Crippen LogP contribution in [-0.4, -0.2) is 26.7 Å². The van der Waals surface area contributed by atoms with Gasteiger partial charge in [0.2, 0.25) is 5.91 Å². The SMILES string of the molecule is COc1ccc(OC)c(NCCC(N)=O)c1. The van der Waals surface area contributed by atoms with E-state index in [-0.39, 0.29) is 12.3 Å². The minimum absolute atomic E-state index is 0.278. The van der Waals surface area contributed by atoms with Crippen molar-refractivity contribution in [1.29, 1.82) is 0 Å². The molecular formula is C11H16N2O3. The third-order valence-corrected chi connectivity index (χ3v) is 2.09. The quantitative estimate of drug-likeness (QED) is 0.755. The molecule has 1 aromatic rings. The van der Waals surface area contributed by atoms with Gasteiger partial charge in [-0.15, -0.1) is 0 Å². The van der Waals surface area contributed by atoms with Crippen LogP contribution in [0.1, 0.15) is 6.42 Å². The van der Waals surface area contributed by atoms with Crippen molar-refractivity contribution in [3.8, 4) is 11.5 Å². The maximum Gasteiger partial charge on any atom is 0.219 e. The van der Waals surface area contributed by atoms with Gasteiger partial charge in [-0.25, -0.2) is 0 Å². The van der Waals surface area contributed by atoms with Crippen molar-refractivity contribution in [2.24, 2.45) is 5.73 Å². The van der Waals surface area contributed by atoms with Gasteiger partial charge in [0.1, 0.15) is 11.5 Å². The van der Waals surface area contributed by atoms with E-state index in [2.05, 4.69) is 5.32 Å². The summed E-state index contributed by atoms with van der Waals surface area (Å²) in [5.41, 5.74) is 5.83. The maximum atomic E-state index is 10.6. The number of carbonyl (C=O) groups excluding carboxylic acids is 1. The first-order chi connectivity index (χ1) is 7.67. The molecule has 0 aliphatic rings. The summed E-state index contributed by atoms with van der Waals surface area (Å²) in [6, 6.07) is 5.41. The van der Waals surface area contributed by atoms with E-state index < -0.39 is 0 Å². The van der Waals surface area contributed by atoms with Crippen molar-refractivity contribution in [2.45, 2.75) is 6.42 Å². The van der Waals surface area contributed by atoms with Gasteiger partial charge in [0.15, 0.2) is 0 Å². The van der Waals surface area contributed by atoms with E-state index in [0.29, 0.717) is 12.3 Å². The molecule has 0 atom stereocenters. The predicted octanol–water partition coefficient (Wildman–Crippen LogP) is 0.991. The second kappa shape index (κ2) is 5.85. The Kier molecular flexibility index (Phi) is 4.44. The van der Waals surface area contributed by atoms with Crippen LogP contribution < -0.4 is 20.5 Å². The van der Waals surface area contributed by atoms with Crippen LogP contribution in [0.5, 0.6) is 11.5 Å². The standard InChI is InChI=1S/C11H16N2O3/c1-15-8-3-4-10(16-2)9(7-8)13-6-5-11(12)14/h3-4,7,13H,5-6H2,1-2H3,(H2,12,14). The number of benzene rings is 1. The molecule has 3 N–H and O–H groups in total. The highest BCUT2D eigenvalue weighted by Crippen LogP contribution is 2.28. The molecule has 0 spiro atoms. The second-order valence-corrected chi connectivity index (χ2v) is 3.21. The number of nitrogens with two attached hydrogens (primary N) is 1. The average Bonchev–Trinajstić information content (AvgIpc) is 2.28. The topological polar surface area (TPSA) is 73.6 Å². The van der Waals surface area contributed by atoms with Crippen LogP contribution in [-0.2, 0) is 4.79 Å². The number of hydrogen-bond donors (Lipinski definition) is 2. The number of carbonyl (C=O) groups is 1. The number of primary amides is 1. The molecule has 0 aliphatic heterocycles. The third-order valence-electron chi connectivity index (χ3n) is 2.09. The Morgan fingerprint density at radius 2 is 2.12 bits per heavy atom. The van der Waals surface area contributed by atoms with Crippen molar-refractivity contribution in [2.75, 3.05) is 26.1 Å². The Hall–Kier alpha value is -1.91. The fourth-order valence-electron chi connectivity index (χ4n) is 1.27. The van der Waals surface area contributed by atoms with Gasteiger partial charge in [-0.3, -0.25) is 4.79 Å². The summed E-state index contributed by atoms with van der Waals surface area (Å²) in [5, 5.41) is 3.06. The Morgan fingerprint density at radius 3 is 2.69 bits per heavy atom. The third kappa shape index (κ3) is 3.34. The van der Waals surface area contributed by atoms with Crippen molar-refractivity contribution < 1.29 is 14.3 Å². The van der Waals surface area contributed by atoms with Gasteiger partial charge in [-0.05, 0) is 12.1 Å². The highest BCUT2D eigenvalue weighted by molar-refractivity contribution is 5.74. The normalized spacial score (nSPS) is 9.62. The number of ether oxygens (including phenoxy) is 2. The lowest BCUT2D eigenvalue weighted by molar-refractivity contribution is -0.117. The molecular weight excluding hydrogens is 208 g/mol. The molecule has 0 aromatic heterocycles. The van der Waals surface area contributed by atoms with Crippen LogP contribution in [0, 0.1) is 0 Å². The minimum Gasteiger partial charge on any atom is -0.497 e. The molecule has 1 amide bonds. The number of methoxy groups -OCH3 is 2. The number of hydrogen-bond acceptors (Lipinski definition) is 4. The van der Waals surface area contributed by atoms with Crippen molar-refractivity contribution in [1.82, 2.24) is 0 Å². The van der Waals surface area contributed by atoms with E-state index in [1.54, 1.807) is 32.4 Å². The van der Waals surface area contributed by atoms with Crippen molar-refractivity contribution in [3.05, 3.63) is 18.2 Å². The largest absolute Gasteiger partial charge is 0.497 e. The van der Waals surface area contributed by atoms with Gasteiger partial charge >= 0.3 is 0 Å². The molecule has 0 unspecified atom stereocenters. The number of rotatable bonds is 6. The van der Waals surface area contributed by atoms with Gasteiger partial charge in [-0.2, -0.15) is 0 Å². The zero-order chi connectivity index (χ0) is 12.0. The Balaban J connectivity index is 2.71. The van der Waals surface area contributed by atoms with E-state index in [1.807, 2.05) is 0 Å². The summed E-state index contributed by atoms with van der Waals surface area (Å²) in [6.45, 7) is 0.471. The van der Waals surface area contributed by atoms with Crippen LogP contribution in [0.3, 0.4) is 0 Å². The molecule has 0 radical (unpaired) electrons. The van der Waals surface area contributed by atoms with Crippen LogP contribution in [0.15, 0.2) is 18.2 Å². The summed E-state index contributed by atoms with van der Waals surface area (Å²) >= 11 is 0.